The van der Waals surface area contributed by atoms with Crippen LogP contribution in [0.5, 0.6) is 11.5 Å². The van der Waals surface area contributed by atoms with Crippen LogP contribution in [0.4, 0.5) is 0 Å². The molecule has 1 aliphatic rings. The molecule has 1 N–H and O–H groups in total. The Kier molecular flexibility index (Phi) is 5.83. The van der Waals surface area contributed by atoms with Gasteiger partial charge in [0, 0.05) is 13.6 Å². The van der Waals surface area contributed by atoms with Crippen molar-refractivity contribution in [1.82, 2.24) is 10.2 Å². The fourth-order valence-electron chi connectivity index (χ4n) is 2.13. The van der Waals surface area contributed by atoms with E-state index in [1.807, 2.05) is 24.3 Å². The zero-order valence-electron chi connectivity index (χ0n) is 12.5. The Bertz CT molecular complexity index is 461. The largest absolute Gasteiger partial charge is 0.493 e. The third-order valence-corrected chi connectivity index (χ3v) is 3.35. The third kappa shape index (κ3) is 4.34. The van der Waals surface area contributed by atoms with Crippen LogP contribution in [-0.2, 0) is 9.53 Å². The van der Waals surface area contributed by atoms with Crippen LogP contribution in [0, 0.1) is 0 Å². The smallest absolute Gasteiger partial charge is 0.241 e. The monoisotopic (exact) mass is 294 g/mol. The summed E-state index contributed by atoms with van der Waals surface area (Å²) in [7, 11) is 3.37. The fraction of sp³-hybridized carbons (Fsp3) is 0.533. The number of methoxy groups -OCH3 is 1. The minimum Gasteiger partial charge on any atom is -0.493 e. The summed E-state index contributed by atoms with van der Waals surface area (Å²) in [6, 6.07) is 7.20. The summed E-state index contributed by atoms with van der Waals surface area (Å²) in [5, 5.41) is 3.15. The maximum Gasteiger partial charge on any atom is 0.241 e. The van der Waals surface area contributed by atoms with Crippen molar-refractivity contribution in [2.24, 2.45) is 0 Å². The van der Waals surface area contributed by atoms with Crippen LogP contribution in [-0.4, -0.2) is 63.9 Å². The maximum absolute atomic E-state index is 12.2. The van der Waals surface area contributed by atoms with Crippen molar-refractivity contribution in [3.05, 3.63) is 24.3 Å². The molecule has 6 nitrogen and oxygen atoms in total. The average Bonchev–Trinajstić information content (AvgIpc) is 2.55. The average molecular weight is 294 g/mol. The van der Waals surface area contributed by atoms with Gasteiger partial charge in [0.05, 0.1) is 26.9 Å². The number of likely N-dealkylation sites (N-methyl/N-ethyl adjacent to an activating group) is 1. The number of para-hydroxylation sites is 2. The summed E-state index contributed by atoms with van der Waals surface area (Å²) >= 11 is 0. The minimum atomic E-state index is -0.255. The first-order valence-electron chi connectivity index (χ1n) is 7.04. The first kappa shape index (κ1) is 15.6. The van der Waals surface area contributed by atoms with Crippen molar-refractivity contribution < 1.29 is 19.0 Å². The van der Waals surface area contributed by atoms with Gasteiger partial charge >= 0.3 is 0 Å². The molecule has 21 heavy (non-hydrogen) atoms. The lowest BCUT2D eigenvalue weighted by Crippen LogP contribution is -2.52. The van der Waals surface area contributed by atoms with E-state index in [1.54, 1.807) is 19.1 Å². The van der Waals surface area contributed by atoms with E-state index in [0.717, 1.165) is 0 Å². The minimum absolute atomic E-state index is 0.0262. The van der Waals surface area contributed by atoms with Crippen LogP contribution in [0.2, 0.25) is 0 Å². The molecule has 6 heteroatoms. The first-order chi connectivity index (χ1) is 10.2. The molecule has 0 spiro atoms. The van der Waals surface area contributed by atoms with E-state index < -0.39 is 0 Å². The Morgan fingerprint density at radius 3 is 2.86 bits per heavy atom. The van der Waals surface area contributed by atoms with Crippen molar-refractivity contribution in [1.29, 1.82) is 0 Å². The van der Waals surface area contributed by atoms with E-state index in [2.05, 4.69) is 5.32 Å². The molecule has 1 amide bonds. The number of benzene rings is 1. The SMILES string of the molecule is COc1ccccc1OCCN(C)C(=O)C1COCCN1. The number of nitrogens with zero attached hydrogens (tertiary/aromatic N) is 1. The van der Waals surface area contributed by atoms with Gasteiger partial charge in [0.15, 0.2) is 11.5 Å². The Balaban J connectivity index is 1.78. The lowest BCUT2D eigenvalue weighted by atomic mass is 10.2. The van der Waals surface area contributed by atoms with E-state index in [-0.39, 0.29) is 11.9 Å². The van der Waals surface area contributed by atoms with E-state index in [1.165, 1.54) is 0 Å². The highest BCUT2D eigenvalue weighted by Gasteiger charge is 2.24. The Hall–Kier alpha value is -1.79. The molecule has 1 atom stereocenters. The van der Waals surface area contributed by atoms with Gasteiger partial charge in [-0.2, -0.15) is 0 Å². The molecule has 1 aromatic carbocycles. The van der Waals surface area contributed by atoms with Crippen molar-refractivity contribution in [2.45, 2.75) is 6.04 Å². The number of rotatable bonds is 6. The van der Waals surface area contributed by atoms with Gasteiger partial charge in [0.1, 0.15) is 12.6 Å². The summed E-state index contributed by atoms with van der Waals surface area (Å²) in [6.07, 6.45) is 0. The number of morpholine rings is 1. The lowest BCUT2D eigenvalue weighted by molar-refractivity contribution is -0.135. The predicted octanol–water partition coefficient (Wildman–Crippen LogP) is 0.521. The number of nitrogens with one attached hydrogen (secondary N) is 1. The Morgan fingerprint density at radius 2 is 2.19 bits per heavy atom. The number of carbonyl (C=O) groups excluding carboxylic acids is 1. The third-order valence-electron chi connectivity index (χ3n) is 3.35. The fourth-order valence-corrected chi connectivity index (χ4v) is 2.13. The molecule has 1 aromatic rings. The van der Waals surface area contributed by atoms with Gasteiger partial charge < -0.3 is 24.4 Å². The summed E-state index contributed by atoms with van der Waals surface area (Å²) in [4.78, 5) is 13.8. The molecule has 1 fully saturated rings. The second kappa shape index (κ2) is 7.85. The maximum atomic E-state index is 12.2. The number of ether oxygens (including phenoxy) is 3. The number of amides is 1. The van der Waals surface area contributed by atoms with E-state index in [0.29, 0.717) is 44.4 Å². The number of carbonyl (C=O) groups is 1. The standard InChI is InChI=1S/C15H22N2O4/c1-17(15(18)12-11-20-9-7-16-12)8-10-21-14-6-4-3-5-13(14)19-2/h3-6,12,16H,7-11H2,1-2H3. The molecule has 2 rings (SSSR count). The van der Waals surface area contributed by atoms with E-state index in [9.17, 15) is 4.79 Å². The summed E-state index contributed by atoms with van der Waals surface area (Å²) < 4.78 is 16.2. The van der Waals surface area contributed by atoms with E-state index in [4.69, 9.17) is 14.2 Å². The van der Waals surface area contributed by atoms with Gasteiger partial charge in [-0.3, -0.25) is 4.79 Å². The lowest BCUT2D eigenvalue weighted by Gasteiger charge is -2.27. The van der Waals surface area contributed by atoms with Gasteiger partial charge in [-0.1, -0.05) is 12.1 Å². The molecule has 1 saturated heterocycles. The second-order valence-corrected chi connectivity index (χ2v) is 4.84. The molecule has 116 valence electrons. The predicted molar refractivity (Wildman–Crippen MR) is 78.7 cm³/mol. The molecule has 1 aliphatic heterocycles. The zero-order valence-corrected chi connectivity index (χ0v) is 12.5. The van der Waals surface area contributed by atoms with Crippen LogP contribution in [0.3, 0.4) is 0 Å². The topological polar surface area (TPSA) is 60.0 Å². The molecule has 0 saturated carbocycles. The van der Waals surface area contributed by atoms with Crippen LogP contribution in [0.1, 0.15) is 0 Å². The first-order valence-corrected chi connectivity index (χ1v) is 7.04. The molecule has 0 aliphatic carbocycles. The van der Waals surface area contributed by atoms with Gasteiger partial charge in [0.25, 0.3) is 0 Å². The Labute approximate surface area is 125 Å². The Morgan fingerprint density at radius 1 is 1.43 bits per heavy atom. The quantitative estimate of drug-likeness (QED) is 0.829. The van der Waals surface area contributed by atoms with Crippen LogP contribution >= 0.6 is 0 Å². The van der Waals surface area contributed by atoms with Crippen LogP contribution in [0.25, 0.3) is 0 Å². The highest BCUT2D eigenvalue weighted by molar-refractivity contribution is 5.81. The highest BCUT2D eigenvalue weighted by atomic mass is 16.5. The van der Waals surface area contributed by atoms with Crippen molar-refractivity contribution in [3.63, 3.8) is 0 Å². The second-order valence-electron chi connectivity index (χ2n) is 4.84. The summed E-state index contributed by atoms with van der Waals surface area (Å²) in [5.41, 5.74) is 0. The number of hydrogen-bond donors (Lipinski definition) is 1. The molecule has 0 radical (unpaired) electrons. The van der Waals surface area contributed by atoms with Crippen molar-refractivity contribution in [3.8, 4) is 11.5 Å². The van der Waals surface area contributed by atoms with Gasteiger partial charge in [-0.05, 0) is 12.1 Å². The van der Waals surface area contributed by atoms with E-state index >= 15 is 0 Å². The van der Waals surface area contributed by atoms with Gasteiger partial charge in [0.2, 0.25) is 5.91 Å². The molecule has 1 heterocycles. The zero-order chi connectivity index (χ0) is 15.1. The summed E-state index contributed by atoms with van der Waals surface area (Å²) in [5.74, 6) is 1.40. The molecule has 0 aromatic heterocycles. The van der Waals surface area contributed by atoms with Crippen molar-refractivity contribution in [2.75, 3.05) is 47.1 Å². The van der Waals surface area contributed by atoms with Crippen LogP contribution in [0.15, 0.2) is 24.3 Å². The van der Waals surface area contributed by atoms with Crippen molar-refractivity contribution >= 4 is 5.91 Å². The highest BCUT2D eigenvalue weighted by Crippen LogP contribution is 2.25. The van der Waals surface area contributed by atoms with Gasteiger partial charge in [-0.25, -0.2) is 0 Å². The van der Waals surface area contributed by atoms with Gasteiger partial charge in [-0.15, -0.1) is 0 Å². The molecular weight excluding hydrogens is 272 g/mol. The molecule has 0 bridgehead atoms. The van der Waals surface area contributed by atoms with Crippen LogP contribution < -0.4 is 14.8 Å². The summed E-state index contributed by atoms with van der Waals surface area (Å²) in [6.45, 7) is 2.72. The normalized spacial score (nSPS) is 18.1. The molecule has 1 unspecified atom stereocenters. The number of hydrogen-bond acceptors (Lipinski definition) is 5. The molecular formula is C15H22N2O4.